The summed E-state index contributed by atoms with van der Waals surface area (Å²) in [7, 11) is 1.65. The largest absolute Gasteiger partial charge is 0.494 e. The molecule has 0 bridgehead atoms. The van der Waals surface area contributed by atoms with Crippen LogP contribution in [0.5, 0.6) is 5.75 Å². The van der Waals surface area contributed by atoms with Crippen LogP contribution in [0.1, 0.15) is 16.1 Å². The molecule has 0 saturated carbocycles. The molecular weight excluding hydrogens is 328 g/mol. The maximum atomic E-state index is 12.5. The topological polar surface area (TPSA) is 68.2 Å². The Morgan fingerprint density at radius 2 is 2.04 bits per heavy atom. The van der Waals surface area contributed by atoms with Gasteiger partial charge in [-0.1, -0.05) is 12.1 Å². The van der Waals surface area contributed by atoms with Gasteiger partial charge in [-0.25, -0.2) is 0 Å². The van der Waals surface area contributed by atoms with Crippen LogP contribution in [0.25, 0.3) is 11.1 Å². The van der Waals surface area contributed by atoms with Gasteiger partial charge in [0.25, 0.3) is 5.91 Å². The summed E-state index contributed by atoms with van der Waals surface area (Å²) in [5, 5.41) is 6.37. The van der Waals surface area contributed by atoms with Crippen LogP contribution in [0.4, 0.5) is 11.4 Å². The Labute approximate surface area is 151 Å². The number of rotatable bonds is 4. The number of nitrogens with one attached hydrogen (secondary N) is 2. The first-order valence-electron chi connectivity index (χ1n) is 8.51. The molecule has 0 atom stereocenters. The van der Waals surface area contributed by atoms with E-state index < -0.39 is 0 Å². The van der Waals surface area contributed by atoms with Crippen LogP contribution in [-0.4, -0.2) is 29.1 Å². The number of carbonyl (C=O) groups is 1. The second-order valence-electron chi connectivity index (χ2n) is 6.23. The minimum absolute atomic E-state index is 0.0781. The Bertz CT molecular complexity index is 963. The van der Waals surface area contributed by atoms with Gasteiger partial charge in [-0.3, -0.25) is 9.78 Å². The summed E-state index contributed by atoms with van der Waals surface area (Å²) in [6.07, 6.45) is 5.53. The zero-order chi connectivity index (χ0) is 18.1. The summed E-state index contributed by atoms with van der Waals surface area (Å²) < 4.78 is 7.56. The van der Waals surface area contributed by atoms with Gasteiger partial charge in [0.15, 0.2) is 0 Å². The number of para-hydroxylation sites is 1. The Morgan fingerprint density at radius 3 is 2.81 bits per heavy atom. The van der Waals surface area contributed by atoms with E-state index in [1.807, 2.05) is 48.0 Å². The van der Waals surface area contributed by atoms with Crippen LogP contribution in [0, 0.1) is 6.92 Å². The summed E-state index contributed by atoms with van der Waals surface area (Å²) in [6.45, 7) is 3.37. The number of aromatic nitrogens is 2. The van der Waals surface area contributed by atoms with Crippen LogP contribution in [0.2, 0.25) is 0 Å². The zero-order valence-corrected chi connectivity index (χ0v) is 14.7. The number of benzene rings is 1. The van der Waals surface area contributed by atoms with Crippen LogP contribution < -0.4 is 15.4 Å². The highest BCUT2D eigenvalue weighted by Crippen LogP contribution is 2.39. The molecule has 4 rings (SSSR count). The van der Waals surface area contributed by atoms with Crippen molar-refractivity contribution in [3.63, 3.8) is 0 Å². The first-order valence-corrected chi connectivity index (χ1v) is 8.51. The number of nitrogens with zero attached hydrogens (tertiary/aromatic N) is 2. The van der Waals surface area contributed by atoms with Gasteiger partial charge in [-0.2, -0.15) is 0 Å². The molecule has 0 fully saturated rings. The van der Waals surface area contributed by atoms with Crippen LogP contribution in [0.15, 0.2) is 48.9 Å². The van der Waals surface area contributed by atoms with Crippen molar-refractivity contribution in [2.24, 2.45) is 0 Å². The summed E-state index contributed by atoms with van der Waals surface area (Å²) in [6, 6.07) is 9.80. The third-order valence-electron chi connectivity index (χ3n) is 4.60. The zero-order valence-electron chi connectivity index (χ0n) is 14.7. The molecule has 6 nitrogen and oxygen atoms in total. The normalized spacial score (nSPS) is 13.1. The number of carbonyl (C=O) groups excluding carboxylic acids is 1. The van der Waals surface area contributed by atoms with E-state index >= 15 is 0 Å². The van der Waals surface area contributed by atoms with Gasteiger partial charge in [0.05, 0.1) is 18.5 Å². The number of aryl methyl sites for hydroxylation is 1. The molecule has 6 heteroatoms. The van der Waals surface area contributed by atoms with Gasteiger partial charge < -0.3 is 19.9 Å². The highest BCUT2D eigenvalue weighted by atomic mass is 16.5. The maximum Gasteiger partial charge on any atom is 0.270 e. The summed E-state index contributed by atoms with van der Waals surface area (Å²) >= 11 is 0. The molecule has 1 amide bonds. The van der Waals surface area contributed by atoms with E-state index in [-0.39, 0.29) is 5.91 Å². The van der Waals surface area contributed by atoms with Crippen LogP contribution in [-0.2, 0) is 6.54 Å². The molecule has 0 saturated heterocycles. The Hall–Kier alpha value is -3.28. The van der Waals surface area contributed by atoms with Crippen molar-refractivity contribution in [2.75, 3.05) is 19.0 Å². The van der Waals surface area contributed by atoms with Crippen LogP contribution in [0.3, 0.4) is 0 Å². The monoisotopic (exact) mass is 348 g/mol. The molecule has 3 heterocycles. The maximum absolute atomic E-state index is 12.5. The molecule has 0 aliphatic carbocycles. The van der Waals surface area contributed by atoms with Crippen molar-refractivity contribution in [1.82, 2.24) is 14.9 Å². The van der Waals surface area contributed by atoms with Gasteiger partial charge in [0, 0.05) is 37.2 Å². The van der Waals surface area contributed by atoms with Crippen LogP contribution >= 0.6 is 0 Å². The lowest BCUT2D eigenvalue weighted by atomic mass is 10.1. The Morgan fingerprint density at radius 1 is 1.23 bits per heavy atom. The highest BCUT2D eigenvalue weighted by Gasteiger charge is 2.26. The first kappa shape index (κ1) is 16.2. The van der Waals surface area contributed by atoms with Crippen molar-refractivity contribution in [3.8, 4) is 16.9 Å². The predicted molar refractivity (Wildman–Crippen MR) is 101 cm³/mol. The Kier molecular flexibility index (Phi) is 4.08. The number of pyridine rings is 1. The van der Waals surface area contributed by atoms with E-state index in [1.165, 1.54) is 0 Å². The van der Waals surface area contributed by atoms with Crippen molar-refractivity contribution in [2.45, 2.75) is 13.5 Å². The van der Waals surface area contributed by atoms with Crippen molar-refractivity contribution < 1.29 is 9.53 Å². The average molecular weight is 348 g/mol. The van der Waals surface area contributed by atoms with E-state index in [9.17, 15) is 4.79 Å². The molecular formula is C20H20N4O2. The van der Waals surface area contributed by atoms with E-state index in [1.54, 1.807) is 19.5 Å². The molecule has 0 radical (unpaired) electrons. The molecule has 132 valence electrons. The average Bonchev–Trinajstić information content (AvgIpc) is 3.02. The second kappa shape index (κ2) is 6.55. The van der Waals surface area contributed by atoms with Gasteiger partial charge in [-0.05, 0) is 36.2 Å². The Balaban J connectivity index is 1.88. The van der Waals surface area contributed by atoms with Gasteiger partial charge in [-0.15, -0.1) is 0 Å². The molecule has 1 aromatic carbocycles. The number of hydrogen-bond donors (Lipinski definition) is 2. The fraction of sp³-hybridized carbons (Fsp3) is 0.200. The molecule has 2 N–H and O–H groups in total. The molecule has 1 aliphatic heterocycles. The predicted octanol–water partition coefficient (Wildman–Crippen LogP) is 3.35. The number of amides is 1. The third kappa shape index (κ3) is 2.69. The quantitative estimate of drug-likeness (QED) is 0.759. The standard InChI is InChI=1S/C20H20N4O2/c1-13-4-3-5-16(19(13)26-2)23-17-15(14-6-8-21-9-7-14)12-24-11-10-22-20(25)18(17)24/h3-9,12,23H,10-11H2,1-2H3,(H,22,25). The lowest BCUT2D eigenvalue weighted by molar-refractivity contribution is 0.0929. The summed E-state index contributed by atoms with van der Waals surface area (Å²) in [4.78, 5) is 16.6. The number of ether oxygens (including phenoxy) is 1. The second-order valence-corrected chi connectivity index (χ2v) is 6.23. The molecule has 3 aromatic rings. The van der Waals surface area contributed by atoms with E-state index in [4.69, 9.17) is 4.74 Å². The minimum atomic E-state index is -0.0781. The molecule has 26 heavy (non-hydrogen) atoms. The molecule has 2 aromatic heterocycles. The SMILES string of the molecule is COc1c(C)cccc1Nc1c(-c2ccncc2)cn2c1C(=O)NCC2. The lowest BCUT2D eigenvalue weighted by Gasteiger charge is -2.19. The first-order chi connectivity index (χ1) is 12.7. The molecule has 0 unspecified atom stereocenters. The van der Waals surface area contributed by atoms with Crippen molar-refractivity contribution in [1.29, 1.82) is 0 Å². The van der Waals surface area contributed by atoms with E-state index in [0.717, 1.165) is 40.4 Å². The number of methoxy groups -OCH3 is 1. The van der Waals surface area contributed by atoms with Crippen molar-refractivity contribution in [3.05, 3.63) is 60.2 Å². The molecule has 1 aliphatic rings. The number of fused-ring (bicyclic) bond motifs is 1. The van der Waals surface area contributed by atoms with Gasteiger partial charge in [0.2, 0.25) is 0 Å². The smallest absolute Gasteiger partial charge is 0.270 e. The fourth-order valence-electron chi connectivity index (χ4n) is 3.38. The minimum Gasteiger partial charge on any atom is -0.494 e. The van der Waals surface area contributed by atoms with Crippen molar-refractivity contribution >= 4 is 17.3 Å². The third-order valence-corrected chi connectivity index (χ3v) is 4.60. The number of anilines is 2. The van der Waals surface area contributed by atoms with E-state index in [0.29, 0.717) is 12.2 Å². The highest BCUT2D eigenvalue weighted by molar-refractivity contribution is 6.04. The summed E-state index contributed by atoms with van der Waals surface area (Å²) in [5.41, 5.74) is 5.23. The fourth-order valence-corrected chi connectivity index (χ4v) is 3.38. The summed E-state index contributed by atoms with van der Waals surface area (Å²) in [5.74, 6) is 0.690. The lowest BCUT2D eigenvalue weighted by Crippen LogP contribution is -2.35. The van der Waals surface area contributed by atoms with Gasteiger partial charge >= 0.3 is 0 Å². The molecule has 0 spiro atoms. The van der Waals surface area contributed by atoms with Gasteiger partial charge in [0.1, 0.15) is 11.4 Å². The van der Waals surface area contributed by atoms with E-state index in [2.05, 4.69) is 15.6 Å². The number of hydrogen-bond acceptors (Lipinski definition) is 4.